The number of ether oxygens (including phenoxy) is 1. The van der Waals surface area contributed by atoms with E-state index in [1.807, 2.05) is 0 Å². The van der Waals surface area contributed by atoms with Crippen molar-refractivity contribution in [1.82, 2.24) is 0 Å². The lowest BCUT2D eigenvalue weighted by Gasteiger charge is -2.34. The summed E-state index contributed by atoms with van der Waals surface area (Å²) in [7, 11) is 1.39. The summed E-state index contributed by atoms with van der Waals surface area (Å²) in [5.74, 6) is -1.83. The predicted molar refractivity (Wildman–Crippen MR) is 121 cm³/mol. The molecule has 0 unspecified atom stereocenters. The van der Waals surface area contributed by atoms with E-state index in [1.165, 1.54) is 43.5 Å². The van der Waals surface area contributed by atoms with Gasteiger partial charge in [-0.2, -0.15) is 13.2 Å². The Morgan fingerprint density at radius 3 is 2.12 bits per heavy atom. The molecule has 0 aliphatic rings. The zero-order chi connectivity index (χ0) is 24.9. The number of hydrogen-bond acceptors (Lipinski definition) is 4. The van der Waals surface area contributed by atoms with E-state index in [9.17, 15) is 28.1 Å². The molecule has 0 bridgehead atoms. The van der Waals surface area contributed by atoms with Gasteiger partial charge in [-0.15, -0.1) is 0 Å². The molecule has 0 aromatic heterocycles. The van der Waals surface area contributed by atoms with Gasteiger partial charge in [-0.05, 0) is 47.9 Å². The van der Waals surface area contributed by atoms with Crippen molar-refractivity contribution in [1.29, 1.82) is 0 Å². The zero-order valence-corrected chi connectivity index (χ0v) is 18.5. The van der Waals surface area contributed by atoms with E-state index in [2.05, 4.69) is 0 Å². The van der Waals surface area contributed by atoms with E-state index in [-0.39, 0.29) is 17.7 Å². The lowest BCUT2D eigenvalue weighted by atomic mass is 9.90. The Labute approximate surface area is 194 Å². The minimum Gasteiger partial charge on any atom is -0.497 e. The number of methoxy groups -OCH3 is 1. The van der Waals surface area contributed by atoms with Gasteiger partial charge < -0.3 is 4.74 Å². The van der Waals surface area contributed by atoms with Crippen LogP contribution >= 0.6 is 0 Å². The summed E-state index contributed by atoms with van der Waals surface area (Å²) in [6.07, 6.45) is -5.42. The highest BCUT2D eigenvalue weighted by atomic mass is 19.4. The van der Waals surface area contributed by atoms with Crippen LogP contribution in [0.2, 0.25) is 0 Å². The second-order valence-electron chi connectivity index (χ2n) is 7.71. The standard InChI is InChI=1S/C25H23F3N2O4/c1-17-8-6-7-11-19(17)16-22(30(32)33)23(18-9-4-3-5-10-18)29(24(31)25(26,27)28)20-12-14-21(34-2)15-13-20/h3-15,22-23H,16H2,1-2H3/t22-,23+/m1/s1. The van der Waals surface area contributed by atoms with E-state index in [1.54, 1.807) is 49.4 Å². The molecule has 9 heteroatoms. The van der Waals surface area contributed by atoms with Crippen molar-refractivity contribution in [2.45, 2.75) is 31.6 Å². The van der Waals surface area contributed by atoms with E-state index < -0.39 is 29.1 Å². The van der Waals surface area contributed by atoms with Crippen molar-refractivity contribution < 1.29 is 27.6 Å². The summed E-state index contributed by atoms with van der Waals surface area (Å²) >= 11 is 0. The molecule has 3 aromatic carbocycles. The number of carbonyl (C=O) groups is 1. The van der Waals surface area contributed by atoms with Gasteiger partial charge in [0, 0.05) is 17.0 Å². The van der Waals surface area contributed by atoms with Gasteiger partial charge in [-0.3, -0.25) is 19.8 Å². The Morgan fingerprint density at radius 2 is 1.59 bits per heavy atom. The fourth-order valence-corrected chi connectivity index (χ4v) is 3.84. The summed E-state index contributed by atoms with van der Waals surface area (Å²) in [5.41, 5.74) is 1.46. The smallest absolute Gasteiger partial charge is 0.471 e. The number of anilines is 1. The summed E-state index contributed by atoms with van der Waals surface area (Å²) in [4.78, 5) is 24.9. The second-order valence-corrected chi connectivity index (χ2v) is 7.71. The average Bonchev–Trinajstić information content (AvgIpc) is 2.82. The largest absolute Gasteiger partial charge is 0.497 e. The second kappa shape index (κ2) is 10.4. The molecule has 0 N–H and O–H groups in total. The molecule has 1 amide bonds. The zero-order valence-electron chi connectivity index (χ0n) is 18.5. The molecule has 6 nitrogen and oxygen atoms in total. The molecule has 0 saturated carbocycles. The quantitative estimate of drug-likeness (QED) is 0.319. The fraction of sp³-hybridized carbons (Fsp3) is 0.240. The highest BCUT2D eigenvalue weighted by molar-refractivity contribution is 5.98. The fourth-order valence-electron chi connectivity index (χ4n) is 3.84. The molecule has 0 fully saturated rings. The third-order valence-electron chi connectivity index (χ3n) is 5.56. The Morgan fingerprint density at radius 1 is 1.00 bits per heavy atom. The van der Waals surface area contributed by atoms with Crippen molar-refractivity contribution in [3.8, 4) is 5.75 Å². The first-order chi connectivity index (χ1) is 16.1. The molecular formula is C25H23F3N2O4. The molecule has 0 spiro atoms. The molecule has 0 aliphatic carbocycles. The molecule has 2 atom stereocenters. The van der Waals surface area contributed by atoms with Gasteiger partial charge in [0.25, 0.3) is 0 Å². The molecular weight excluding hydrogens is 449 g/mol. The third-order valence-corrected chi connectivity index (χ3v) is 5.56. The van der Waals surface area contributed by atoms with Crippen molar-refractivity contribution in [3.05, 3.63) is 106 Å². The van der Waals surface area contributed by atoms with Gasteiger partial charge in [0.2, 0.25) is 6.04 Å². The van der Waals surface area contributed by atoms with Gasteiger partial charge >= 0.3 is 12.1 Å². The van der Waals surface area contributed by atoms with Crippen LogP contribution in [0.4, 0.5) is 18.9 Å². The van der Waals surface area contributed by atoms with E-state index in [4.69, 9.17) is 4.74 Å². The summed E-state index contributed by atoms with van der Waals surface area (Å²) in [6, 6.07) is 17.0. The van der Waals surface area contributed by atoms with Crippen LogP contribution in [0.5, 0.6) is 5.75 Å². The van der Waals surface area contributed by atoms with Crippen molar-refractivity contribution in [2.24, 2.45) is 0 Å². The number of rotatable bonds is 8. The topological polar surface area (TPSA) is 72.7 Å². The maximum absolute atomic E-state index is 13.8. The lowest BCUT2D eigenvalue weighted by Crippen LogP contribution is -2.49. The molecule has 0 aliphatic heterocycles. The normalized spacial score (nSPS) is 13.1. The Kier molecular flexibility index (Phi) is 7.55. The molecule has 3 aromatic rings. The van der Waals surface area contributed by atoms with Crippen LogP contribution in [0, 0.1) is 17.0 Å². The molecule has 0 saturated heterocycles. The number of halogens is 3. The first kappa shape index (κ1) is 24.8. The van der Waals surface area contributed by atoms with Crippen molar-refractivity contribution >= 4 is 11.6 Å². The van der Waals surface area contributed by atoms with Crippen molar-refractivity contribution in [2.75, 3.05) is 12.0 Å². The number of alkyl halides is 3. The van der Waals surface area contributed by atoms with Gasteiger partial charge in [-0.25, -0.2) is 0 Å². The lowest BCUT2D eigenvalue weighted by molar-refractivity contribution is -0.526. The monoisotopic (exact) mass is 472 g/mol. The SMILES string of the molecule is COc1ccc(N(C(=O)C(F)(F)F)[C@@H](c2ccccc2)[C@@H](Cc2ccccc2C)[N+](=O)[O-])cc1. The molecule has 178 valence electrons. The van der Waals surface area contributed by atoms with Crippen LogP contribution in [0.1, 0.15) is 22.7 Å². The van der Waals surface area contributed by atoms with E-state index >= 15 is 0 Å². The molecule has 0 radical (unpaired) electrons. The first-order valence-corrected chi connectivity index (χ1v) is 10.4. The Balaban J connectivity index is 2.22. The van der Waals surface area contributed by atoms with Crippen LogP contribution in [0.25, 0.3) is 0 Å². The van der Waals surface area contributed by atoms with Crippen LogP contribution in [0.3, 0.4) is 0 Å². The van der Waals surface area contributed by atoms with Crippen LogP contribution in [-0.4, -0.2) is 30.2 Å². The highest BCUT2D eigenvalue weighted by Gasteiger charge is 2.50. The maximum Gasteiger partial charge on any atom is 0.471 e. The Hall–Kier alpha value is -3.88. The summed E-state index contributed by atoms with van der Waals surface area (Å²) < 4.78 is 46.4. The Bertz CT molecular complexity index is 1130. The number of aryl methyl sites for hydroxylation is 1. The average molecular weight is 472 g/mol. The molecule has 34 heavy (non-hydrogen) atoms. The minimum absolute atomic E-state index is 0.131. The summed E-state index contributed by atoms with van der Waals surface area (Å²) in [5, 5.41) is 12.3. The first-order valence-electron chi connectivity index (χ1n) is 10.4. The van der Waals surface area contributed by atoms with Crippen molar-refractivity contribution in [3.63, 3.8) is 0 Å². The van der Waals surface area contributed by atoms with Gasteiger partial charge in [0.1, 0.15) is 11.8 Å². The number of nitrogens with zero attached hydrogens (tertiary/aromatic N) is 2. The number of amides is 1. The van der Waals surface area contributed by atoms with E-state index in [0.717, 1.165) is 5.56 Å². The summed E-state index contributed by atoms with van der Waals surface area (Å²) in [6.45, 7) is 1.77. The van der Waals surface area contributed by atoms with Gasteiger partial charge in [-0.1, -0.05) is 54.6 Å². The van der Waals surface area contributed by atoms with Crippen LogP contribution < -0.4 is 9.64 Å². The maximum atomic E-state index is 13.8. The van der Waals surface area contributed by atoms with E-state index in [0.29, 0.717) is 16.2 Å². The van der Waals surface area contributed by atoms with Crippen LogP contribution in [0.15, 0.2) is 78.9 Å². The number of benzene rings is 3. The number of hydrogen-bond donors (Lipinski definition) is 0. The predicted octanol–water partition coefficient (Wildman–Crippen LogP) is 5.53. The van der Waals surface area contributed by atoms with Gasteiger partial charge in [0.05, 0.1) is 7.11 Å². The highest BCUT2D eigenvalue weighted by Crippen LogP contribution is 2.37. The minimum atomic E-state index is -5.25. The van der Waals surface area contributed by atoms with Gasteiger partial charge in [0.15, 0.2) is 0 Å². The number of carbonyl (C=O) groups excluding carboxylic acids is 1. The molecule has 0 heterocycles. The third kappa shape index (κ3) is 5.54. The number of nitro groups is 1. The molecule has 3 rings (SSSR count). The van der Waals surface area contributed by atoms with Crippen LogP contribution in [-0.2, 0) is 11.2 Å².